The summed E-state index contributed by atoms with van der Waals surface area (Å²) in [4.78, 5) is 24.1. The molecule has 6 aromatic carbocycles. The van der Waals surface area contributed by atoms with Crippen molar-refractivity contribution in [2.24, 2.45) is 0 Å². The predicted octanol–water partition coefficient (Wildman–Crippen LogP) is 11.0. The zero-order valence-electron chi connectivity index (χ0n) is 27.0. The van der Waals surface area contributed by atoms with E-state index in [1.807, 2.05) is 60.8 Å². The Bertz CT molecular complexity index is 2600. The predicted molar refractivity (Wildman–Crippen MR) is 203 cm³/mol. The van der Waals surface area contributed by atoms with Crippen LogP contribution in [0.5, 0.6) is 0 Å². The molecule has 0 aliphatic heterocycles. The molecule has 0 atom stereocenters. The molecule has 0 saturated heterocycles. The van der Waals surface area contributed by atoms with Gasteiger partial charge in [0.15, 0.2) is 17.5 Å². The van der Waals surface area contributed by atoms with Gasteiger partial charge in [-0.15, -0.1) is 0 Å². The number of aromatic nitrogens is 5. The van der Waals surface area contributed by atoms with E-state index >= 15 is 0 Å². The maximum absolute atomic E-state index is 5.01. The van der Waals surface area contributed by atoms with Crippen molar-refractivity contribution in [2.45, 2.75) is 0 Å². The Morgan fingerprint density at radius 1 is 0.280 bits per heavy atom. The monoisotopic (exact) mass is 639 g/mol. The molecule has 234 valence electrons. The van der Waals surface area contributed by atoms with E-state index in [1.165, 1.54) is 5.56 Å². The van der Waals surface area contributed by atoms with Crippen molar-refractivity contribution in [1.82, 2.24) is 24.9 Å². The fourth-order valence-electron chi connectivity index (χ4n) is 6.34. The lowest BCUT2D eigenvalue weighted by Crippen LogP contribution is -2.00. The third-order valence-corrected chi connectivity index (χ3v) is 8.99. The summed E-state index contributed by atoms with van der Waals surface area (Å²) in [6, 6.07) is 56.3. The van der Waals surface area contributed by atoms with Crippen LogP contribution < -0.4 is 0 Å². The zero-order valence-corrected chi connectivity index (χ0v) is 27.0. The molecule has 0 aliphatic rings. The highest BCUT2D eigenvalue weighted by molar-refractivity contribution is 6.00. The third-order valence-electron chi connectivity index (χ3n) is 8.99. The summed E-state index contributed by atoms with van der Waals surface area (Å²) >= 11 is 0. The van der Waals surface area contributed by atoms with Crippen LogP contribution in [0.25, 0.3) is 89.4 Å². The standard InChI is InChI=1S/C45H29N5/c1-3-9-30(10-4-1)31-14-16-33(17-15-31)44-48-43(32-11-5-2-6-12-32)49-45(50-44)37-21-19-35-25-39-27-36(20-18-34(39)26-40(35)28-37)42-23-22-38(29-47-42)41-13-7-8-24-46-41/h1-29H. The smallest absolute Gasteiger partial charge is 0.164 e. The average molecular weight is 640 g/mol. The summed E-state index contributed by atoms with van der Waals surface area (Å²) in [5.74, 6) is 1.92. The highest BCUT2D eigenvalue weighted by atomic mass is 15.0. The van der Waals surface area contributed by atoms with Crippen LogP contribution in [0.1, 0.15) is 0 Å². The second-order valence-electron chi connectivity index (χ2n) is 12.2. The molecule has 3 heterocycles. The van der Waals surface area contributed by atoms with E-state index in [2.05, 4.69) is 114 Å². The van der Waals surface area contributed by atoms with Crippen molar-refractivity contribution < 1.29 is 0 Å². The lowest BCUT2D eigenvalue weighted by atomic mass is 9.99. The van der Waals surface area contributed by atoms with Gasteiger partial charge >= 0.3 is 0 Å². The summed E-state index contributed by atoms with van der Waals surface area (Å²) < 4.78 is 0. The van der Waals surface area contributed by atoms with Gasteiger partial charge in [0, 0.05) is 40.2 Å². The van der Waals surface area contributed by atoms with Gasteiger partial charge in [-0.2, -0.15) is 0 Å². The normalized spacial score (nSPS) is 11.2. The van der Waals surface area contributed by atoms with Gasteiger partial charge in [-0.1, -0.05) is 115 Å². The molecular weight excluding hydrogens is 611 g/mol. The lowest BCUT2D eigenvalue weighted by molar-refractivity contribution is 1.07. The topological polar surface area (TPSA) is 64.5 Å². The molecule has 9 rings (SSSR count). The summed E-state index contributed by atoms with van der Waals surface area (Å²) in [7, 11) is 0. The summed E-state index contributed by atoms with van der Waals surface area (Å²) in [6.07, 6.45) is 3.69. The Morgan fingerprint density at radius 2 is 0.760 bits per heavy atom. The number of fused-ring (bicyclic) bond motifs is 2. The second-order valence-corrected chi connectivity index (χ2v) is 12.2. The molecule has 0 aliphatic carbocycles. The summed E-state index contributed by atoms with van der Waals surface area (Å²) in [6.45, 7) is 0. The number of rotatable bonds is 6. The van der Waals surface area contributed by atoms with Gasteiger partial charge in [0.25, 0.3) is 0 Å². The molecule has 5 nitrogen and oxygen atoms in total. The molecule has 0 fully saturated rings. The van der Waals surface area contributed by atoms with Crippen molar-refractivity contribution in [3.05, 3.63) is 176 Å². The van der Waals surface area contributed by atoms with E-state index in [0.717, 1.165) is 66.3 Å². The Morgan fingerprint density at radius 3 is 1.38 bits per heavy atom. The molecule has 0 unspecified atom stereocenters. The number of pyridine rings is 2. The average Bonchev–Trinajstić information content (AvgIpc) is 3.20. The van der Waals surface area contributed by atoms with Crippen molar-refractivity contribution in [2.75, 3.05) is 0 Å². The molecule has 3 aromatic heterocycles. The molecule has 0 spiro atoms. The Balaban J connectivity index is 1.07. The SMILES string of the molecule is c1ccc(-c2ccc(-c3nc(-c4ccccc4)nc(-c4ccc5cc6cc(-c7ccc(-c8ccccn8)cn7)ccc6cc5c4)n3)cc2)cc1. The molecule has 0 radical (unpaired) electrons. The van der Waals surface area contributed by atoms with Crippen molar-refractivity contribution in [1.29, 1.82) is 0 Å². The van der Waals surface area contributed by atoms with Crippen LogP contribution in [0.3, 0.4) is 0 Å². The number of nitrogens with zero attached hydrogens (tertiary/aromatic N) is 5. The number of hydrogen-bond acceptors (Lipinski definition) is 5. The number of benzene rings is 6. The molecule has 0 amide bonds. The van der Waals surface area contributed by atoms with Gasteiger partial charge < -0.3 is 0 Å². The van der Waals surface area contributed by atoms with Crippen LogP contribution in [0.15, 0.2) is 176 Å². The van der Waals surface area contributed by atoms with E-state index < -0.39 is 0 Å². The first-order valence-electron chi connectivity index (χ1n) is 16.6. The van der Waals surface area contributed by atoms with Crippen LogP contribution in [-0.4, -0.2) is 24.9 Å². The van der Waals surface area contributed by atoms with E-state index in [0.29, 0.717) is 17.5 Å². The van der Waals surface area contributed by atoms with Crippen LogP contribution in [-0.2, 0) is 0 Å². The Labute approximate surface area is 289 Å². The summed E-state index contributed by atoms with van der Waals surface area (Å²) in [5.41, 5.74) is 9.06. The van der Waals surface area contributed by atoms with Crippen LogP contribution >= 0.6 is 0 Å². The molecule has 0 saturated carbocycles. The maximum Gasteiger partial charge on any atom is 0.164 e. The van der Waals surface area contributed by atoms with E-state index in [-0.39, 0.29) is 0 Å². The Hall–Kier alpha value is -6.85. The van der Waals surface area contributed by atoms with Crippen LogP contribution in [0, 0.1) is 0 Å². The summed E-state index contributed by atoms with van der Waals surface area (Å²) in [5, 5.41) is 4.58. The minimum absolute atomic E-state index is 0.638. The molecule has 50 heavy (non-hydrogen) atoms. The Kier molecular flexibility index (Phi) is 7.41. The van der Waals surface area contributed by atoms with E-state index in [1.54, 1.807) is 6.20 Å². The number of hydrogen-bond donors (Lipinski definition) is 0. The van der Waals surface area contributed by atoms with Gasteiger partial charge in [-0.3, -0.25) is 9.97 Å². The molecular formula is C45H29N5. The first-order valence-corrected chi connectivity index (χ1v) is 16.6. The maximum atomic E-state index is 5.01. The van der Waals surface area contributed by atoms with E-state index in [9.17, 15) is 0 Å². The fraction of sp³-hybridized carbons (Fsp3) is 0. The highest BCUT2D eigenvalue weighted by Gasteiger charge is 2.14. The largest absolute Gasteiger partial charge is 0.256 e. The van der Waals surface area contributed by atoms with Gasteiger partial charge in [0.2, 0.25) is 0 Å². The zero-order chi connectivity index (χ0) is 33.3. The van der Waals surface area contributed by atoms with Crippen molar-refractivity contribution in [3.63, 3.8) is 0 Å². The molecule has 0 bridgehead atoms. The third kappa shape index (κ3) is 5.78. The quantitative estimate of drug-likeness (QED) is 0.169. The molecule has 5 heteroatoms. The minimum Gasteiger partial charge on any atom is -0.256 e. The van der Waals surface area contributed by atoms with Gasteiger partial charge in [-0.05, 0) is 81.2 Å². The van der Waals surface area contributed by atoms with Gasteiger partial charge in [0.1, 0.15) is 0 Å². The van der Waals surface area contributed by atoms with Gasteiger partial charge in [-0.25, -0.2) is 15.0 Å². The highest BCUT2D eigenvalue weighted by Crippen LogP contribution is 2.32. The lowest BCUT2D eigenvalue weighted by Gasteiger charge is -2.10. The van der Waals surface area contributed by atoms with Crippen molar-refractivity contribution >= 4 is 21.5 Å². The van der Waals surface area contributed by atoms with Crippen LogP contribution in [0.2, 0.25) is 0 Å². The first-order chi connectivity index (χ1) is 24.7. The van der Waals surface area contributed by atoms with Gasteiger partial charge in [0.05, 0.1) is 11.4 Å². The minimum atomic E-state index is 0.638. The first kappa shape index (κ1) is 29.3. The fourth-order valence-corrected chi connectivity index (χ4v) is 6.34. The van der Waals surface area contributed by atoms with E-state index in [4.69, 9.17) is 19.9 Å². The van der Waals surface area contributed by atoms with Crippen molar-refractivity contribution in [3.8, 4) is 67.8 Å². The second kappa shape index (κ2) is 12.6. The molecule has 0 N–H and O–H groups in total. The van der Waals surface area contributed by atoms with Crippen LogP contribution in [0.4, 0.5) is 0 Å². The molecule has 9 aromatic rings.